The number of carbonyl (C=O) groups is 1. The molecular weight excluding hydrogens is 204 g/mol. The van der Waals surface area contributed by atoms with Gasteiger partial charge >= 0.3 is 0 Å². The Morgan fingerprint density at radius 1 is 1.57 bits per heavy atom. The van der Waals surface area contributed by atoms with Crippen LogP contribution < -0.4 is 5.32 Å². The van der Waals surface area contributed by atoms with Crippen molar-refractivity contribution < 1.29 is 4.79 Å². The highest BCUT2D eigenvalue weighted by Crippen LogP contribution is 2.08. The van der Waals surface area contributed by atoms with Crippen molar-refractivity contribution in [3.05, 3.63) is 24.7 Å². The summed E-state index contributed by atoms with van der Waals surface area (Å²) in [5, 5.41) is 10.2. The molecule has 2 aromatic rings. The van der Waals surface area contributed by atoms with E-state index in [0.29, 0.717) is 5.69 Å². The molecule has 0 unspecified atom stereocenters. The van der Waals surface area contributed by atoms with E-state index in [2.05, 4.69) is 15.5 Å². The van der Waals surface area contributed by atoms with E-state index in [1.807, 2.05) is 0 Å². The van der Waals surface area contributed by atoms with Crippen LogP contribution in [0.3, 0.4) is 0 Å². The molecule has 2 rings (SSSR count). The molecule has 2 aromatic heterocycles. The summed E-state index contributed by atoms with van der Waals surface area (Å²) in [6, 6.07) is 3.51. The highest BCUT2D eigenvalue weighted by atomic mass is 35.5. The molecule has 2 heterocycles. The molecule has 0 fully saturated rings. The highest BCUT2D eigenvalue weighted by Gasteiger charge is 2.01. The second-order valence-corrected chi connectivity index (χ2v) is 2.96. The number of nitrogens with one attached hydrogen (secondary N) is 1. The van der Waals surface area contributed by atoms with E-state index in [4.69, 9.17) is 11.6 Å². The Morgan fingerprint density at radius 3 is 3.21 bits per heavy atom. The van der Waals surface area contributed by atoms with E-state index < -0.39 is 0 Å². The van der Waals surface area contributed by atoms with Gasteiger partial charge in [-0.15, -0.1) is 21.8 Å². The molecule has 1 N–H and O–H groups in total. The summed E-state index contributed by atoms with van der Waals surface area (Å²) in [7, 11) is 0. The summed E-state index contributed by atoms with van der Waals surface area (Å²) in [6.45, 7) is 0. The fourth-order valence-electron chi connectivity index (χ4n) is 1.10. The first-order chi connectivity index (χ1) is 6.79. The van der Waals surface area contributed by atoms with Crippen molar-refractivity contribution in [3.8, 4) is 0 Å². The number of alkyl halides is 1. The smallest absolute Gasteiger partial charge is 0.239 e. The second kappa shape index (κ2) is 3.63. The zero-order chi connectivity index (χ0) is 9.97. The van der Waals surface area contributed by atoms with E-state index in [9.17, 15) is 4.79 Å². The minimum atomic E-state index is -0.237. The Labute approximate surface area is 84.7 Å². The molecule has 14 heavy (non-hydrogen) atoms. The van der Waals surface area contributed by atoms with Crippen molar-refractivity contribution in [1.29, 1.82) is 0 Å². The fourth-order valence-corrected chi connectivity index (χ4v) is 1.16. The number of fused-ring (bicyclic) bond motifs is 1. The van der Waals surface area contributed by atoms with E-state index in [-0.39, 0.29) is 11.8 Å². The van der Waals surface area contributed by atoms with Crippen molar-refractivity contribution in [2.75, 3.05) is 11.2 Å². The van der Waals surface area contributed by atoms with Gasteiger partial charge < -0.3 is 5.32 Å². The average molecular weight is 211 g/mol. The summed E-state index contributed by atoms with van der Waals surface area (Å²) in [5.74, 6) is -0.292. The maximum atomic E-state index is 11.0. The largest absolute Gasteiger partial charge is 0.324 e. The summed E-state index contributed by atoms with van der Waals surface area (Å²) >= 11 is 5.36. The molecule has 0 atom stereocenters. The first-order valence-corrected chi connectivity index (χ1v) is 4.48. The van der Waals surface area contributed by atoms with Gasteiger partial charge in [0.05, 0.1) is 5.69 Å². The van der Waals surface area contributed by atoms with Crippen LogP contribution >= 0.6 is 11.6 Å². The first-order valence-electron chi connectivity index (χ1n) is 3.95. The van der Waals surface area contributed by atoms with Crippen LogP contribution in [0.2, 0.25) is 0 Å². The number of nitrogens with zero attached hydrogens (tertiary/aromatic N) is 3. The van der Waals surface area contributed by atoms with Gasteiger partial charge in [-0.3, -0.25) is 9.20 Å². The standard InChI is InChI=1S/C8H7ClN4O/c9-3-8(14)11-6-1-2-7-12-10-5-13(7)4-6/h1-2,4-5H,3H2,(H,11,14). The monoisotopic (exact) mass is 210 g/mol. The third-order valence-electron chi connectivity index (χ3n) is 1.70. The van der Waals surface area contributed by atoms with Gasteiger partial charge in [-0.2, -0.15) is 0 Å². The predicted molar refractivity (Wildman–Crippen MR) is 52.3 cm³/mol. The number of anilines is 1. The predicted octanol–water partition coefficient (Wildman–Crippen LogP) is 0.907. The molecule has 0 aliphatic heterocycles. The second-order valence-electron chi connectivity index (χ2n) is 2.70. The molecule has 0 bridgehead atoms. The van der Waals surface area contributed by atoms with Crippen molar-refractivity contribution >= 4 is 28.8 Å². The van der Waals surface area contributed by atoms with Gasteiger partial charge in [0.25, 0.3) is 0 Å². The molecule has 0 spiro atoms. The summed E-state index contributed by atoms with van der Waals surface area (Å²) in [4.78, 5) is 11.0. The van der Waals surface area contributed by atoms with Crippen molar-refractivity contribution in [1.82, 2.24) is 14.6 Å². The van der Waals surface area contributed by atoms with Crippen LogP contribution in [0.15, 0.2) is 24.7 Å². The van der Waals surface area contributed by atoms with Crippen LogP contribution in [-0.4, -0.2) is 26.4 Å². The van der Waals surface area contributed by atoms with Gasteiger partial charge in [0, 0.05) is 6.20 Å². The van der Waals surface area contributed by atoms with E-state index >= 15 is 0 Å². The van der Waals surface area contributed by atoms with Crippen LogP contribution in [0.4, 0.5) is 5.69 Å². The Morgan fingerprint density at radius 2 is 2.43 bits per heavy atom. The lowest BCUT2D eigenvalue weighted by molar-refractivity contribution is -0.113. The minimum absolute atomic E-state index is 0.0553. The Hall–Kier alpha value is -1.62. The Kier molecular flexibility index (Phi) is 2.32. The number of amides is 1. The zero-order valence-corrected chi connectivity index (χ0v) is 7.90. The van der Waals surface area contributed by atoms with Crippen LogP contribution in [0, 0.1) is 0 Å². The highest BCUT2D eigenvalue weighted by molar-refractivity contribution is 6.29. The summed E-state index contributed by atoms with van der Waals surface area (Å²) in [5.41, 5.74) is 1.40. The molecular formula is C8H7ClN4O. The molecule has 0 aromatic carbocycles. The zero-order valence-electron chi connectivity index (χ0n) is 7.14. The van der Waals surface area contributed by atoms with E-state index in [1.54, 1.807) is 29.1 Å². The maximum absolute atomic E-state index is 11.0. The number of carbonyl (C=O) groups excluding carboxylic acids is 1. The third-order valence-corrected chi connectivity index (χ3v) is 1.94. The number of hydrogen-bond donors (Lipinski definition) is 1. The Balaban J connectivity index is 2.30. The van der Waals surface area contributed by atoms with Gasteiger partial charge in [-0.25, -0.2) is 0 Å². The first kappa shape index (κ1) is 8.96. The van der Waals surface area contributed by atoms with Crippen LogP contribution in [-0.2, 0) is 4.79 Å². The van der Waals surface area contributed by atoms with Crippen LogP contribution in [0.5, 0.6) is 0 Å². The average Bonchev–Trinajstić information content (AvgIpc) is 2.64. The molecule has 5 nitrogen and oxygen atoms in total. The number of halogens is 1. The lowest BCUT2D eigenvalue weighted by Crippen LogP contribution is -2.12. The minimum Gasteiger partial charge on any atom is -0.324 e. The lowest BCUT2D eigenvalue weighted by Gasteiger charge is -2.02. The van der Waals surface area contributed by atoms with E-state index in [1.165, 1.54) is 0 Å². The van der Waals surface area contributed by atoms with Gasteiger partial charge in [0.1, 0.15) is 12.2 Å². The quantitative estimate of drug-likeness (QED) is 0.750. The SMILES string of the molecule is O=C(CCl)Nc1ccc2nncn2c1. The molecule has 0 saturated heterocycles. The maximum Gasteiger partial charge on any atom is 0.239 e. The fraction of sp³-hybridized carbons (Fsp3) is 0.125. The molecule has 6 heteroatoms. The summed E-state index contributed by atoms with van der Waals surface area (Å²) < 4.78 is 1.71. The van der Waals surface area contributed by atoms with Crippen molar-refractivity contribution in [3.63, 3.8) is 0 Å². The van der Waals surface area contributed by atoms with Crippen LogP contribution in [0.1, 0.15) is 0 Å². The van der Waals surface area contributed by atoms with Gasteiger partial charge in [-0.1, -0.05) is 0 Å². The molecule has 0 saturated carbocycles. The Bertz CT molecular complexity index is 467. The third kappa shape index (κ3) is 1.67. The lowest BCUT2D eigenvalue weighted by atomic mass is 10.4. The van der Waals surface area contributed by atoms with E-state index in [0.717, 1.165) is 5.65 Å². The molecule has 0 aliphatic rings. The number of pyridine rings is 1. The normalized spacial score (nSPS) is 10.4. The molecule has 72 valence electrons. The molecule has 0 radical (unpaired) electrons. The number of rotatable bonds is 2. The number of hydrogen-bond acceptors (Lipinski definition) is 3. The van der Waals surface area contributed by atoms with Crippen LogP contribution in [0.25, 0.3) is 5.65 Å². The van der Waals surface area contributed by atoms with Crippen molar-refractivity contribution in [2.45, 2.75) is 0 Å². The number of aromatic nitrogens is 3. The molecule has 0 aliphatic carbocycles. The van der Waals surface area contributed by atoms with Crippen molar-refractivity contribution in [2.24, 2.45) is 0 Å². The van der Waals surface area contributed by atoms with Gasteiger partial charge in [0.15, 0.2) is 5.65 Å². The van der Waals surface area contributed by atoms with Gasteiger partial charge in [-0.05, 0) is 12.1 Å². The summed E-state index contributed by atoms with van der Waals surface area (Å²) in [6.07, 6.45) is 3.28. The van der Waals surface area contributed by atoms with Gasteiger partial charge in [0.2, 0.25) is 5.91 Å². The topological polar surface area (TPSA) is 59.3 Å². The molecule has 1 amide bonds.